The number of hydrogen-bond donors (Lipinski definition) is 0. The van der Waals surface area contributed by atoms with Crippen molar-refractivity contribution in [3.8, 4) is 0 Å². The SMILES string of the molecule is CC(C)=CCN(c1ccc(C(C)C)cc1)C1CCN(C(=O)OC(C)(C)C)CC1. The molecule has 0 atom stereocenters. The maximum atomic E-state index is 12.4. The first-order chi connectivity index (χ1) is 13.1. The van der Waals surface area contributed by atoms with Crippen molar-refractivity contribution in [2.45, 2.75) is 78.9 Å². The standard InChI is InChI=1S/C24H38N2O2/c1-18(2)12-17-26(21-10-8-20(9-11-21)19(3)4)22-13-15-25(16-14-22)23(27)28-24(5,6)7/h8-12,19,22H,13-17H2,1-7H3. The fraction of sp³-hybridized carbons (Fsp3) is 0.625. The molecular formula is C24H38N2O2. The monoisotopic (exact) mass is 386 g/mol. The van der Waals surface area contributed by atoms with Gasteiger partial charge in [0.25, 0.3) is 0 Å². The average Bonchev–Trinajstić information content (AvgIpc) is 2.61. The summed E-state index contributed by atoms with van der Waals surface area (Å²) < 4.78 is 5.54. The average molecular weight is 387 g/mol. The Kier molecular flexibility index (Phi) is 7.56. The Balaban J connectivity index is 2.08. The van der Waals surface area contributed by atoms with Crippen LogP contribution in [-0.2, 0) is 4.74 Å². The van der Waals surface area contributed by atoms with E-state index in [2.05, 4.69) is 62.9 Å². The minimum atomic E-state index is -0.443. The summed E-state index contributed by atoms with van der Waals surface area (Å²) in [6.45, 7) is 16.9. The quantitative estimate of drug-likeness (QED) is 0.583. The number of carbonyl (C=O) groups is 1. The molecule has 0 bridgehead atoms. The van der Waals surface area contributed by atoms with Gasteiger partial charge in [-0.2, -0.15) is 0 Å². The number of rotatable bonds is 5. The van der Waals surface area contributed by atoms with Gasteiger partial charge in [-0.05, 0) is 71.1 Å². The Hall–Kier alpha value is -1.97. The smallest absolute Gasteiger partial charge is 0.410 e. The summed E-state index contributed by atoms with van der Waals surface area (Å²) in [6, 6.07) is 9.40. The van der Waals surface area contributed by atoms with Crippen LogP contribution >= 0.6 is 0 Å². The van der Waals surface area contributed by atoms with Crippen LogP contribution in [-0.4, -0.2) is 42.3 Å². The van der Waals surface area contributed by atoms with Gasteiger partial charge in [-0.3, -0.25) is 0 Å². The lowest BCUT2D eigenvalue weighted by Crippen LogP contribution is -2.48. The van der Waals surface area contributed by atoms with Gasteiger partial charge in [-0.15, -0.1) is 0 Å². The van der Waals surface area contributed by atoms with E-state index in [0.29, 0.717) is 12.0 Å². The molecule has 0 aromatic heterocycles. The van der Waals surface area contributed by atoms with Gasteiger partial charge in [0.2, 0.25) is 0 Å². The summed E-state index contributed by atoms with van der Waals surface area (Å²) in [5.41, 5.74) is 3.51. The van der Waals surface area contributed by atoms with E-state index in [-0.39, 0.29) is 6.09 Å². The molecule has 1 aromatic rings. The molecule has 2 rings (SSSR count). The third kappa shape index (κ3) is 6.57. The Morgan fingerprint density at radius 3 is 2.21 bits per heavy atom. The van der Waals surface area contributed by atoms with Crippen molar-refractivity contribution in [2.75, 3.05) is 24.5 Å². The lowest BCUT2D eigenvalue weighted by atomic mass is 10.00. The van der Waals surface area contributed by atoms with E-state index in [4.69, 9.17) is 4.74 Å². The highest BCUT2D eigenvalue weighted by Gasteiger charge is 2.29. The van der Waals surface area contributed by atoms with Gasteiger partial charge in [0, 0.05) is 31.4 Å². The Morgan fingerprint density at radius 1 is 1.18 bits per heavy atom. The van der Waals surface area contributed by atoms with Crippen molar-refractivity contribution >= 4 is 11.8 Å². The van der Waals surface area contributed by atoms with Crippen molar-refractivity contribution in [1.82, 2.24) is 4.90 Å². The van der Waals surface area contributed by atoms with Gasteiger partial charge < -0.3 is 14.5 Å². The Bertz CT molecular complexity index is 659. The van der Waals surface area contributed by atoms with Crippen LogP contribution in [0.5, 0.6) is 0 Å². The predicted octanol–water partition coefficient (Wildman–Crippen LogP) is 5.98. The molecule has 0 radical (unpaired) electrons. The van der Waals surface area contributed by atoms with Crippen molar-refractivity contribution in [2.24, 2.45) is 0 Å². The fourth-order valence-corrected chi connectivity index (χ4v) is 3.48. The molecule has 156 valence electrons. The molecule has 1 saturated heterocycles. The lowest BCUT2D eigenvalue weighted by Gasteiger charge is -2.40. The summed E-state index contributed by atoms with van der Waals surface area (Å²) in [5, 5.41) is 0. The number of ether oxygens (including phenoxy) is 1. The lowest BCUT2D eigenvalue weighted by molar-refractivity contribution is 0.0205. The van der Waals surface area contributed by atoms with Gasteiger partial charge in [-0.25, -0.2) is 4.79 Å². The zero-order valence-corrected chi connectivity index (χ0v) is 18.8. The number of benzene rings is 1. The van der Waals surface area contributed by atoms with Gasteiger partial charge in [0.15, 0.2) is 0 Å². The van der Waals surface area contributed by atoms with Crippen molar-refractivity contribution in [3.05, 3.63) is 41.5 Å². The third-order valence-corrected chi connectivity index (χ3v) is 5.14. The van der Waals surface area contributed by atoms with Crippen LogP contribution in [0, 0.1) is 0 Å². The number of allylic oxidation sites excluding steroid dienone is 1. The van der Waals surface area contributed by atoms with E-state index < -0.39 is 5.60 Å². The highest BCUT2D eigenvalue weighted by Crippen LogP contribution is 2.26. The molecule has 4 nitrogen and oxygen atoms in total. The van der Waals surface area contributed by atoms with Crippen LogP contribution in [0.4, 0.5) is 10.5 Å². The van der Waals surface area contributed by atoms with Crippen molar-refractivity contribution in [1.29, 1.82) is 0 Å². The van der Waals surface area contributed by atoms with E-state index in [1.807, 2.05) is 25.7 Å². The van der Waals surface area contributed by atoms with Crippen LogP contribution in [0.3, 0.4) is 0 Å². The zero-order valence-electron chi connectivity index (χ0n) is 18.8. The second-order valence-corrected chi connectivity index (χ2v) is 9.38. The maximum Gasteiger partial charge on any atom is 0.410 e. The van der Waals surface area contributed by atoms with Crippen LogP contribution in [0.2, 0.25) is 0 Å². The van der Waals surface area contributed by atoms with E-state index in [0.717, 1.165) is 32.5 Å². The molecule has 1 aliphatic rings. The van der Waals surface area contributed by atoms with Crippen LogP contribution in [0.1, 0.15) is 72.8 Å². The van der Waals surface area contributed by atoms with Gasteiger partial charge in [-0.1, -0.05) is 37.6 Å². The highest BCUT2D eigenvalue weighted by atomic mass is 16.6. The number of likely N-dealkylation sites (tertiary alicyclic amines) is 1. The minimum absolute atomic E-state index is 0.192. The third-order valence-electron chi connectivity index (χ3n) is 5.14. The molecule has 0 spiro atoms. The number of amides is 1. The minimum Gasteiger partial charge on any atom is -0.444 e. The number of hydrogen-bond acceptors (Lipinski definition) is 3. The summed E-state index contributed by atoms with van der Waals surface area (Å²) in [5.74, 6) is 0.539. The Morgan fingerprint density at radius 2 is 1.75 bits per heavy atom. The molecular weight excluding hydrogens is 348 g/mol. The largest absolute Gasteiger partial charge is 0.444 e. The number of carbonyl (C=O) groups excluding carboxylic acids is 1. The predicted molar refractivity (Wildman–Crippen MR) is 118 cm³/mol. The first-order valence-electron chi connectivity index (χ1n) is 10.5. The van der Waals surface area contributed by atoms with Crippen LogP contribution in [0.25, 0.3) is 0 Å². The van der Waals surface area contributed by atoms with Crippen molar-refractivity contribution < 1.29 is 9.53 Å². The van der Waals surface area contributed by atoms with E-state index >= 15 is 0 Å². The second kappa shape index (κ2) is 9.49. The normalized spacial score (nSPS) is 15.5. The zero-order chi connectivity index (χ0) is 20.9. The van der Waals surface area contributed by atoms with Gasteiger partial charge in [0.05, 0.1) is 0 Å². The fourth-order valence-electron chi connectivity index (χ4n) is 3.48. The topological polar surface area (TPSA) is 32.8 Å². The summed E-state index contributed by atoms with van der Waals surface area (Å²) in [7, 11) is 0. The molecule has 0 N–H and O–H groups in total. The molecule has 0 aliphatic carbocycles. The van der Waals surface area contributed by atoms with E-state index in [1.165, 1.54) is 16.8 Å². The molecule has 28 heavy (non-hydrogen) atoms. The van der Waals surface area contributed by atoms with E-state index in [1.54, 1.807) is 0 Å². The molecule has 0 unspecified atom stereocenters. The summed E-state index contributed by atoms with van der Waals surface area (Å²) >= 11 is 0. The van der Waals surface area contributed by atoms with Gasteiger partial charge >= 0.3 is 6.09 Å². The highest BCUT2D eigenvalue weighted by molar-refractivity contribution is 5.68. The number of anilines is 1. The molecule has 0 saturated carbocycles. The number of piperidine rings is 1. The molecule has 1 heterocycles. The van der Waals surface area contributed by atoms with Crippen molar-refractivity contribution in [3.63, 3.8) is 0 Å². The molecule has 1 aliphatic heterocycles. The second-order valence-electron chi connectivity index (χ2n) is 9.38. The van der Waals surface area contributed by atoms with Crippen LogP contribution < -0.4 is 4.90 Å². The Labute approximate surface area is 171 Å². The van der Waals surface area contributed by atoms with E-state index in [9.17, 15) is 4.79 Å². The maximum absolute atomic E-state index is 12.4. The first kappa shape index (κ1) is 22.3. The first-order valence-corrected chi connectivity index (χ1v) is 10.5. The molecule has 4 heteroatoms. The number of nitrogens with zero attached hydrogens (tertiary/aromatic N) is 2. The van der Waals surface area contributed by atoms with Gasteiger partial charge in [0.1, 0.15) is 5.60 Å². The van der Waals surface area contributed by atoms with Crippen LogP contribution in [0.15, 0.2) is 35.9 Å². The summed E-state index contributed by atoms with van der Waals surface area (Å²) in [6.07, 6.45) is 4.02. The molecule has 1 fully saturated rings. The summed E-state index contributed by atoms with van der Waals surface area (Å²) in [4.78, 5) is 16.7. The molecule has 1 aromatic carbocycles. The molecule has 1 amide bonds.